The molecule has 0 radical (unpaired) electrons. The summed E-state index contributed by atoms with van der Waals surface area (Å²) in [4.78, 5) is 28.6. The maximum atomic E-state index is 14.9. The number of hydrogen-bond acceptors (Lipinski definition) is 6. The quantitative estimate of drug-likeness (QED) is 0.0840. The Morgan fingerprint density at radius 2 is 1.76 bits per heavy atom. The van der Waals surface area contributed by atoms with Gasteiger partial charge in [-0.05, 0) is 88.4 Å². The Morgan fingerprint density at radius 1 is 1.08 bits per heavy atom. The van der Waals surface area contributed by atoms with Crippen LogP contribution in [0.1, 0.15) is 76.5 Å². The summed E-state index contributed by atoms with van der Waals surface area (Å²) in [5, 5.41) is 35.2. The van der Waals surface area contributed by atoms with Gasteiger partial charge in [0.25, 0.3) is 5.91 Å². The predicted molar refractivity (Wildman–Crippen MR) is 205 cm³/mol. The molecule has 12 heteroatoms. The number of carboxylic acid groups (broad SMARTS) is 1. The number of benzene rings is 3. The van der Waals surface area contributed by atoms with Gasteiger partial charge in [0.05, 0.1) is 28.4 Å². The van der Waals surface area contributed by atoms with Gasteiger partial charge in [0.2, 0.25) is 0 Å². The molecule has 0 unspecified atom stereocenters. The summed E-state index contributed by atoms with van der Waals surface area (Å²) < 4.78 is 9.70. The van der Waals surface area contributed by atoms with Crippen LogP contribution in [0.15, 0.2) is 48.2 Å². The molecule has 1 amide bonds. The standard InChI is InChI=1S/C39H41Cl2N5O5/c1-19-13-25(14-20(2)35(19)41)51-12-8-9-26-27-10-11-29(40)34(33(22(4)42)23(5)43-6)36(27)46-21(3)18-45(38(48)37(26)46)31-16-24(47)15-30-28(31)17-32(39(49)50)44(30)7/h10-11,13-17,21,42-43,47H,8-9,12,18H2,1-7H3,(H,49,50)/b33-23+,42-22?/t21-/m1/s1. The SMILES string of the molecule is CN/C(C)=C(\C(C)=N)c1c(Cl)ccc2c(CCCOc3cc(C)c(Cl)c(C)c3)c3n(c12)[C@H](C)CN(c1cc(O)cc2c1cc(C(=O)O)n2C)C3=O. The molecular weight excluding hydrogens is 689 g/mol. The van der Waals surface area contributed by atoms with Crippen molar-refractivity contribution in [3.05, 3.63) is 91.8 Å². The second-order valence-electron chi connectivity index (χ2n) is 13.3. The number of aryl methyl sites for hydroxylation is 4. The van der Waals surface area contributed by atoms with E-state index in [1.165, 1.54) is 22.8 Å². The number of carboxylic acids is 1. The molecule has 2 aromatic heterocycles. The molecule has 0 spiro atoms. The van der Waals surface area contributed by atoms with Crippen LogP contribution in [0.25, 0.3) is 27.4 Å². The van der Waals surface area contributed by atoms with Crippen molar-refractivity contribution in [2.75, 3.05) is 25.1 Å². The number of nitrogens with zero attached hydrogens (tertiary/aromatic N) is 3. The van der Waals surface area contributed by atoms with Crippen LogP contribution in [0.5, 0.6) is 11.5 Å². The molecule has 0 bridgehead atoms. The largest absolute Gasteiger partial charge is 0.508 e. The molecule has 51 heavy (non-hydrogen) atoms. The molecule has 0 saturated heterocycles. The molecule has 0 fully saturated rings. The lowest BCUT2D eigenvalue weighted by Gasteiger charge is -2.35. The van der Waals surface area contributed by atoms with E-state index in [0.29, 0.717) is 68.6 Å². The number of aromatic nitrogens is 2. The molecule has 3 heterocycles. The highest BCUT2D eigenvalue weighted by molar-refractivity contribution is 6.37. The van der Waals surface area contributed by atoms with Crippen molar-refractivity contribution >= 4 is 73.9 Å². The van der Waals surface area contributed by atoms with E-state index in [2.05, 4.69) is 5.32 Å². The summed E-state index contributed by atoms with van der Waals surface area (Å²) in [6.45, 7) is 10.1. The molecule has 1 atom stereocenters. The first-order chi connectivity index (χ1) is 24.2. The van der Waals surface area contributed by atoms with E-state index in [-0.39, 0.29) is 29.9 Å². The molecule has 266 valence electrons. The first-order valence-corrected chi connectivity index (χ1v) is 17.5. The van der Waals surface area contributed by atoms with Crippen LogP contribution in [0.2, 0.25) is 10.0 Å². The zero-order chi connectivity index (χ0) is 37.0. The van der Waals surface area contributed by atoms with Crippen LogP contribution in [-0.2, 0) is 13.5 Å². The van der Waals surface area contributed by atoms with Gasteiger partial charge in [-0.2, -0.15) is 0 Å². The first-order valence-electron chi connectivity index (χ1n) is 16.7. The van der Waals surface area contributed by atoms with E-state index >= 15 is 0 Å². The number of nitrogens with one attached hydrogen (secondary N) is 2. The summed E-state index contributed by atoms with van der Waals surface area (Å²) in [6, 6.07) is 11.9. The number of anilines is 1. The number of fused-ring (bicyclic) bond motifs is 4. The third-order valence-corrected chi connectivity index (χ3v) is 10.7. The zero-order valence-electron chi connectivity index (χ0n) is 29.7. The number of hydrogen-bond donors (Lipinski definition) is 4. The number of allylic oxidation sites excluding steroid dienone is 2. The fraction of sp³-hybridized carbons (Fsp3) is 0.308. The minimum atomic E-state index is -1.11. The van der Waals surface area contributed by atoms with Crippen molar-refractivity contribution in [1.29, 1.82) is 5.41 Å². The van der Waals surface area contributed by atoms with Gasteiger partial charge in [-0.1, -0.05) is 29.3 Å². The second kappa shape index (κ2) is 13.7. The third-order valence-electron chi connectivity index (χ3n) is 9.81. The van der Waals surface area contributed by atoms with Crippen molar-refractivity contribution in [1.82, 2.24) is 14.5 Å². The molecule has 5 aromatic rings. The molecule has 0 saturated carbocycles. The number of aromatic hydroxyl groups is 1. The van der Waals surface area contributed by atoms with Gasteiger partial charge in [0.1, 0.15) is 22.9 Å². The minimum Gasteiger partial charge on any atom is -0.508 e. The lowest BCUT2D eigenvalue weighted by molar-refractivity contribution is 0.0686. The van der Waals surface area contributed by atoms with Crippen molar-refractivity contribution in [3.63, 3.8) is 0 Å². The lowest BCUT2D eigenvalue weighted by atomic mass is 9.96. The molecular formula is C39H41Cl2N5O5. The summed E-state index contributed by atoms with van der Waals surface area (Å²) in [5.74, 6) is -0.766. The molecule has 0 aliphatic carbocycles. The van der Waals surface area contributed by atoms with Gasteiger partial charge in [-0.15, -0.1) is 0 Å². The molecule has 1 aliphatic heterocycles. The summed E-state index contributed by atoms with van der Waals surface area (Å²) in [7, 11) is 3.42. The Hall–Kier alpha value is -4.93. The molecule has 4 N–H and O–H groups in total. The van der Waals surface area contributed by atoms with Crippen LogP contribution in [-0.4, -0.2) is 57.1 Å². The Kier molecular flexibility index (Phi) is 9.61. The van der Waals surface area contributed by atoms with Gasteiger partial charge < -0.3 is 39.7 Å². The van der Waals surface area contributed by atoms with Gasteiger partial charge in [0, 0.05) is 77.2 Å². The Morgan fingerprint density at radius 3 is 2.39 bits per heavy atom. The van der Waals surface area contributed by atoms with Gasteiger partial charge in [-0.25, -0.2) is 4.79 Å². The van der Waals surface area contributed by atoms with Gasteiger partial charge in [0.15, 0.2) is 0 Å². The number of carbonyl (C=O) groups excluding carboxylic acids is 1. The monoisotopic (exact) mass is 729 g/mol. The smallest absolute Gasteiger partial charge is 0.352 e. The third kappa shape index (κ3) is 6.10. The van der Waals surface area contributed by atoms with Crippen LogP contribution in [0.3, 0.4) is 0 Å². The van der Waals surface area contributed by atoms with Crippen molar-refractivity contribution < 1.29 is 24.5 Å². The van der Waals surface area contributed by atoms with Crippen LogP contribution >= 0.6 is 23.2 Å². The number of amides is 1. The number of rotatable bonds is 10. The van der Waals surface area contributed by atoms with Crippen LogP contribution in [0, 0.1) is 19.3 Å². The van der Waals surface area contributed by atoms with Crippen LogP contribution in [0.4, 0.5) is 5.69 Å². The number of aromatic carboxylic acids is 1. The summed E-state index contributed by atoms with van der Waals surface area (Å²) in [5.41, 5.74) is 7.29. The molecule has 10 nitrogen and oxygen atoms in total. The maximum absolute atomic E-state index is 14.9. The zero-order valence-corrected chi connectivity index (χ0v) is 31.2. The highest BCUT2D eigenvalue weighted by Crippen LogP contribution is 2.44. The second-order valence-corrected chi connectivity index (χ2v) is 14.1. The van der Waals surface area contributed by atoms with E-state index in [1.807, 2.05) is 56.5 Å². The Balaban J connectivity index is 1.53. The van der Waals surface area contributed by atoms with E-state index in [4.69, 9.17) is 33.3 Å². The number of phenols is 1. The van der Waals surface area contributed by atoms with E-state index in [0.717, 1.165) is 39.0 Å². The predicted octanol–water partition coefficient (Wildman–Crippen LogP) is 8.68. The average Bonchev–Trinajstić information content (AvgIpc) is 3.59. The van der Waals surface area contributed by atoms with E-state index < -0.39 is 5.97 Å². The highest BCUT2D eigenvalue weighted by Gasteiger charge is 2.37. The Labute approximate surface area is 306 Å². The molecule has 6 rings (SSSR count). The number of halogens is 2. The van der Waals surface area contributed by atoms with Crippen molar-refractivity contribution in [3.8, 4) is 11.5 Å². The van der Waals surface area contributed by atoms with Crippen molar-refractivity contribution in [2.45, 2.75) is 53.5 Å². The highest BCUT2D eigenvalue weighted by atomic mass is 35.5. The maximum Gasteiger partial charge on any atom is 0.352 e. The van der Waals surface area contributed by atoms with Gasteiger partial charge >= 0.3 is 5.97 Å². The fourth-order valence-electron chi connectivity index (χ4n) is 7.41. The lowest BCUT2D eigenvalue weighted by Crippen LogP contribution is -2.42. The van der Waals surface area contributed by atoms with Crippen molar-refractivity contribution in [2.24, 2.45) is 7.05 Å². The summed E-state index contributed by atoms with van der Waals surface area (Å²) >= 11 is 13.4. The first kappa shape index (κ1) is 35.9. The fourth-order valence-corrected chi connectivity index (χ4v) is 7.76. The number of ether oxygens (including phenoxy) is 1. The molecule has 3 aromatic carbocycles. The number of phenolic OH excluding ortho intramolecular Hbond substituents is 1. The topological polar surface area (TPSA) is 133 Å². The normalized spacial score (nSPS) is 15.0. The minimum absolute atomic E-state index is 0.0377. The number of carbonyl (C=O) groups is 2. The van der Waals surface area contributed by atoms with E-state index in [9.17, 15) is 19.8 Å². The van der Waals surface area contributed by atoms with E-state index in [1.54, 1.807) is 25.9 Å². The summed E-state index contributed by atoms with van der Waals surface area (Å²) in [6.07, 6.45) is 1.08. The average molecular weight is 731 g/mol. The van der Waals surface area contributed by atoms with Crippen LogP contribution < -0.4 is 15.0 Å². The Bertz CT molecular complexity index is 2300. The molecule has 1 aliphatic rings. The van der Waals surface area contributed by atoms with Gasteiger partial charge in [-0.3, -0.25) is 4.79 Å².